The second-order valence-electron chi connectivity index (χ2n) is 3.93. The molecule has 18 heavy (non-hydrogen) atoms. The van der Waals surface area contributed by atoms with Gasteiger partial charge in [0.25, 0.3) is 0 Å². The van der Waals surface area contributed by atoms with Gasteiger partial charge in [-0.3, -0.25) is 9.97 Å². The molecule has 0 radical (unpaired) electrons. The minimum absolute atomic E-state index is 0.885. The molecule has 0 saturated heterocycles. The van der Waals surface area contributed by atoms with Gasteiger partial charge in [-0.25, -0.2) is 4.98 Å². The molecule has 3 rings (SSSR count). The zero-order chi connectivity index (χ0) is 12.4. The molecule has 0 unspecified atom stereocenters. The molecule has 0 bridgehead atoms. The van der Waals surface area contributed by atoms with Crippen molar-refractivity contribution in [2.24, 2.45) is 0 Å². The van der Waals surface area contributed by atoms with Gasteiger partial charge < -0.3 is 5.32 Å². The van der Waals surface area contributed by atoms with Gasteiger partial charge in [-0.2, -0.15) is 0 Å². The highest BCUT2D eigenvalue weighted by Gasteiger charge is 2.06. The van der Waals surface area contributed by atoms with Crippen molar-refractivity contribution in [2.45, 2.75) is 0 Å². The van der Waals surface area contributed by atoms with E-state index in [0.29, 0.717) is 0 Å². The van der Waals surface area contributed by atoms with Crippen LogP contribution in [0.5, 0.6) is 0 Å². The zero-order valence-corrected chi connectivity index (χ0v) is 9.96. The third-order valence-electron chi connectivity index (χ3n) is 2.86. The summed E-state index contributed by atoms with van der Waals surface area (Å²) in [6.45, 7) is 0. The molecular weight excluding hydrogens is 224 g/mol. The molecule has 88 valence electrons. The van der Waals surface area contributed by atoms with Crippen LogP contribution in [0.4, 0.5) is 5.69 Å². The largest absolute Gasteiger partial charge is 0.388 e. The highest BCUT2D eigenvalue weighted by atomic mass is 14.8. The SMILES string of the molecule is CNc1cc(-c2ccncc2)nc2cnccc12. The van der Waals surface area contributed by atoms with Gasteiger partial charge in [0.2, 0.25) is 0 Å². The minimum Gasteiger partial charge on any atom is -0.388 e. The van der Waals surface area contributed by atoms with Gasteiger partial charge in [0.1, 0.15) is 0 Å². The van der Waals surface area contributed by atoms with E-state index in [1.54, 1.807) is 24.8 Å². The first-order chi connectivity index (χ1) is 8.88. The van der Waals surface area contributed by atoms with Gasteiger partial charge >= 0.3 is 0 Å². The maximum absolute atomic E-state index is 4.62. The minimum atomic E-state index is 0.885. The van der Waals surface area contributed by atoms with E-state index in [9.17, 15) is 0 Å². The first-order valence-electron chi connectivity index (χ1n) is 5.71. The van der Waals surface area contributed by atoms with Gasteiger partial charge in [-0.15, -0.1) is 0 Å². The van der Waals surface area contributed by atoms with E-state index in [2.05, 4.69) is 20.3 Å². The average Bonchev–Trinajstić information content (AvgIpc) is 2.47. The standard InChI is InChI=1S/C14H12N4/c1-15-13-8-12(10-2-5-16-6-3-10)18-14-9-17-7-4-11(13)14/h2-9H,1H3,(H,15,18). The lowest BCUT2D eigenvalue weighted by atomic mass is 10.1. The van der Waals surface area contributed by atoms with Crippen molar-refractivity contribution in [1.29, 1.82) is 0 Å². The van der Waals surface area contributed by atoms with Crippen LogP contribution in [0.2, 0.25) is 0 Å². The number of hydrogen-bond donors (Lipinski definition) is 1. The van der Waals surface area contributed by atoms with Crippen LogP contribution in [0.3, 0.4) is 0 Å². The Bertz CT molecular complexity index is 680. The van der Waals surface area contributed by atoms with Gasteiger partial charge in [0, 0.05) is 42.3 Å². The van der Waals surface area contributed by atoms with Gasteiger partial charge in [-0.05, 0) is 24.3 Å². The van der Waals surface area contributed by atoms with Crippen molar-refractivity contribution in [2.75, 3.05) is 12.4 Å². The molecule has 0 atom stereocenters. The monoisotopic (exact) mass is 236 g/mol. The quantitative estimate of drug-likeness (QED) is 0.743. The molecule has 0 aliphatic carbocycles. The molecule has 0 aliphatic heterocycles. The van der Waals surface area contributed by atoms with E-state index >= 15 is 0 Å². The van der Waals surface area contributed by atoms with E-state index in [1.807, 2.05) is 31.3 Å². The third-order valence-corrected chi connectivity index (χ3v) is 2.86. The number of pyridine rings is 3. The zero-order valence-electron chi connectivity index (χ0n) is 9.96. The van der Waals surface area contributed by atoms with Gasteiger partial charge in [0.15, 0.2) is 0 Å². The van der Waals surface area contributed by atoms with E-state index in [4.69, 9.17) is 0 Å². The lowest BCUT2D eigenvalue weighted by Crippen LogP contribution is -1.94. The summed E-state index contributed by atoms with van der Waals surface area (Å²) in [6, 6.07) is 7.90. The number of rotatable bonds is 2. The highest BCUT2D eigenvalue weighted by molar-refractivity contribution is 5.93. The molecular formula is C14H12N4. The number of hydrogen-bond acceptors (Lipinski definition) is 4. The van der Waals surface area contributed by atoms with Crippen molar-refractivity contribution in [3.05, 3.63) is 49.1 Å². The van der Waals surface area contributed by atoms with Crippen LogP contribution in [0.15, 0.2) is 49.1 Å². The third kappa shape index (κ3) is 1.78. The van der Waals surface area contributed by atoms with Gasteiger partial charge in [0.05, 0.1) is 17.4 Å². The van der Waals surface area contributed by atoms with Crippen LogP contribution in [0, 0.1) is 0 Å². The van der Waals surface area contributed by atoms with Crippen LogP contribution in [-0.4, -0.2) is 22.0 Å². The van der Waals surface area contributed by atoms with Crippen molar-refractivity contribution in [3.63, 3.8) is 0 Å². The molecule has 4 heteroatoms. The molecule has 0 spiro atoms. The Morgan fingerprint density at radius 3 is 2.56 bits per heavy atom. The van der Waals surface area contributed by atoms with Crippen molar-refractivity contribution >= 4 is 16.6 Å². The van der Waals surface area contributed by atoms with Crippen molar-refractivity contribution in [1.82, 2.24) is 15.0 Å². The number of nitrogens with one attached hydrogen (secondary N) is 1. The average molecular weight is 236 g/mol. The number of fused-ring (bicyclic) bond motifs is 1. The molecule has 0 amide bonds. The summed E-state index contributed by atoms with van der Waals surface area (Å²) in [7, 11) is 1.91. The Morgan fingerprint density at radius 1 is 1.00 bits per heavy atom. The highest BCUT2D eigenvalue weighted by Crippen LogP contribution is 2.26. The molecule has 4 nitrogen and oxygen atoms in total. The first kappa shape index (κ1) is 10.7. The smallest absolute Gasteiger partial charge is 0.0913 e. The van der Waals surface area contributed by atoms with E-state index in [-0.39, 0.29) is 0 Å². The fourth-order valence-electron chi connectivity index (χ4n) is 1.96. The summed E-state index contributed by atoms with van der Waals surface area (Å²) in [5.74, 6) is 0. The van der Waals surface area contributed by atoms with Crippen molar-refractivity contribution in [3.8, 4) is 11.3 Å². The summed E-state index contributed by atoms with van der Waals surface area (Å²) in [4.78, 5) is 12.8. The fourth-order valence-corrected chi connectivity index (χ4v) is 1.96. The van der Waals surface area contributed by atoms with Gasteiger partial charge in [-0.1, -0.05) is 0 Å². The molecule has 3 aromatic heterocycles. The molecule has 3 aromatic rings. The Hall–Kier alpha value is -2.49. The van der Waals surface area contributed by atoms with E-state index < -0.39 is 0 Å². The van der Waals surface area contributed by atoms with Crippen LogP contribution < -0.4 is 5.32 Å². The predicted molar refractivity (Wildman–Crippen MR) is 72.3 cm³/mol. The summed E-state index contributed by atoms with van der Waals surface area (Å²) < 4.78 is 0. The first-order valence-corrected chi connectivity index (χ1v) is 5.71. The predicted octanol–water partition coefficient (Wildman–Crippen LogP) is 2.73. The second-order valence-corrected chi connectivity index (χ2v) is 3.93. The summed E-state index contributed by atoms with van der Waals surface area (Å²) in [5.41, 5.74) is 3.90. The summed E-state index contributed by atoms with van der Waals surface area (Å²) in [5, 5.41) is 4.27. The molecule has 0 saturated carbocycles. The number of aromatic nitrogens is 3. The molecule has 0 aromatic carbocycles. The van der Waals surface area contributed by atoms with E-state index in [1.165, 1.54) is 0 Å². The fraction of sp³-hybridized carbons (Fsp3) is 0.0714. The normalized spacial score (nSPS) is 10.5. The Balaban J connectivity index is 2.26. The molecule has 0 fully saturated rings. The van der Waals surface area contributed by atoms with E-state index in [0.717, 1.165) is 27.8 Å². The van der Waals surface area contributed by atoms with Crippen LogP contribution >= 0.6 is 0 Å². The van der Waals surface area contributed by atoms with Crippen LogP contribution in [0.1, 0.15) is 0 Å². The molecule has 3 heterocycles. The molecule has 0 aliphatic rings. The lowest BCUT2D eigenvalue weighted by molar-refractivity contribution is 1.29. The number of anilines is 1. The van der Waals surface area contributed by atoms with Crippen molar-refractivity contribution < 1.29 is 0 Å². The topological polar surface area (TPSA) is 50.7 Å². The Labute approximate surface area is 105 Å². The summed E-state index contributed by atoms with van der Waals surface area (Å²) >= 11 is 0. The lowest BCUT2D eigenvalue weighted by Gasteiger charge is -2.08. The summed E-state index contributed by atoms with van der Waals surface area (Å²) in [6.07, 6.45) is 7.09. The number of nitrogens with zero attached hydrogens (tertiary/aromatic N) is 3. The Morgan fingerprint density at radius 2 is 1.78 bits per heavy atom. The molecule has 1 N–H and O–H groups in total. The maximum Gasteiger partial charge on any atom is 0.0913 e. The maximum atomic E-state index is 4.62. The van der Waals surface area contributed by atoms with Crippen LogP contribution in [-0.2, 0) is 0 Å². The second kappa shape index (κ2) is 4.41. The Kier molecular flexibility index (Phi) is 2.61. The van der Waals surface area contributed by atoms with Crippen LogP contribution in [0.25, 0.3) is 22.2 Å².